The molecule has 0 aliphatic carbocycles. The van der Waals surface area contributed by atoms with Gasteiger partial charge in [0.05, 0.1) is 18.5 Å². The summed E-state index contributed by atoms with van der Waals surface area (Å²) in [6, 6.07) is 3.40. The van der Waals surface area contributed by atoms with E-state index in [9.17, 15) is 8.42 Å². The molecule has 8 nitrogen and oxygen atoms in total. The maximum absolute atomic E-state index is 12.3. The second-order valence-electron chi connectivity index (χ2n) is 4.36. The summed E-state index contributed by atoms with van der Waals surface area (Å²) in [5.74, 6) is 0.470. The van der Waals surface area contributed by atoms with Gasteiger partial charge in [-0.25, -0.2) is 18.1 Å². The van der Waals surface area contributed by atoms with Gasteiger partial charge in [0.2, 0.25) is 15.9 Å². The Morgan fingerprint density at radius 1 is 1.43 bits per heavy atom. The molecule has 0 amide bonds. The number of aryl methyl sites for hydroxylation is 1. The number of nitrogens with zero attached hydrogens (tertiary/aromatic N) is 2. The minimum Gasteiger partial charge on any atom is -0.481 e. The highest BCUT2D eigenvalue weighted by molar-refractivity contribution is 7.89. The zero-order valence-electron chi connectivity index (χ0n) is 11.8. The van der Waals surface area contributed by atoms with Crippen LogP contribution in [0.3, 0.4) is 0 Å². The van der Waals surface area contributed by atoms with Gasteiger partial charge in [0.25, 0.3) is 0 Å². The van der Waals surface area contributed by atoms with Gasteiger partial charge in [-0.05, 0) is 12.5 Å². The first-order chi connectivity index (χ1) is 9.97. The molecule has 2 aromatic heterocycles. The molecular formula is C12H17N5O3S. The summed E-state index contributed by atoms with van der Waals surface area (Å²) in [7, 11) is -2.17. The highest BCUT2D eigenvalue weighted by atomic mass is 32.2. The Hall–Kier alpha value is -1.97. The lowest BCUT2D eigenvalue weighted by Crippen LogP contribution is -2.25. The molecule has 0 aromatic carbocycles. The van der Waals surface area contributed by atoms with Gasteiger partial charge in [0.1, 0.15) is 4.90 Å². The second kappa shape index (κ2) is 6.20. The first-order valence-electron chi connectivity index (χ1n) is 6.20. The Balaban J connectivity index is 2.15. The van der Waals surface area contributed by atoms with Gasteiger partial charge in [-0.15, -0.1) is 0 Å². The quantitative estimate of drug-likeness (QED) is 0.693. The number of methoxy groups -OCH3 is 1. The van der Waals surface area contributed by atoms with Crippen LogP contribution < -0.4 is 15.2 Å². The second-order valence-corrected chi connectivity index (χ2v) is 6.07. The Morgan fingerprint density at radius 2 is 2.19 bits per heavy atom. The Kier molecular flexibility index (Phi) is 4.56. The molecule has 0 saturated heterocycles. The van der Waals surface area contributed by atoms with E-state index in [-0.39, 0.29) is 18.0 Å². The number of ether oxygens (including phenoxy) is 1. The van der Waals surface area contributed by atoms with Crippen LogP contribution in [-0.4, -0.2) is 30.7 Å². The SMILES string of the molecule is COc1ccc(CNS(=O)(=O)c2c(CN)n[nH]c2C)cn1. The van der Waals surface area contributed by atoms with Crippen molar-refractivity contribution in [3.63, 3.8) is 0 Å². The Bertz CT molecular complexity index is 709. The number of hydrogen-bond donors (Lipinski definition) is 3. The molecule has 9 heteroatoms. The van der Waals surface area contributed by atoms with Crippen molar-refractivity contribution >= 4 is 10.0 Å². The summed E-state index contributed by atoms with van der Waals surface area (Å²) < 4.78 is 32.1. The molecule has 2 aromatic rings. The number of nitrogens with two attached hydrogens (primary N) is 1. The summed E-state index contributed by atoms with van der Waals surface area (Å²) in [5, 5.41) is 6.51. The number of hydrogen-bond acceptors (Lipinski definition) is 6. The Labute approximate surface area is 122 Å². The molecule has 0 atom stereocenters. The van der Waals surface area contributed by atoms with Gasteiger partial charge in [0, 0.05) is 25.4 Å². The van der Waals surface area contributed by atoms with Crippen molar-refractivity contribution in [1.29, 1.82) is 0 Å². The standard InChI is InChI=1S/C12H17N5O3S/c1-8-12(10(5-13)17-16-8)21(18,19)15-7-9-3-4-11(20-2)14-6-9/h3-4,6,15H,5,7,13H2,1-2H3,(H,16,17). The van der Waals surface area contributed by atoms with Crippen molar-refractivity contribution in [3.8, 4) is 5.88 Å². The summed E-state index contributed by atoms with van der Waals surface area (Å²) in [6.45, 7) is 1.80. The molecule has 0 aliphatic rings. The lowest BCUT2D eigenvalue weighted by molar-refractivity contribution is 0.397. The number of H-pyrrole nitrogens is 1. The number of pyridine rings is 1. The zero-order chi connectivity index (χ0) is 15.5. The van der Waals surface area contributed by atoms with Gasteiger partial charge in [0.15, 0.2) is 0 Å². The van der Waals surface area contributed by atoms with Gasteiger partial charge >= 0.3 is 0 Å². The zero-order valence-corrected chi connectivity index (χ0v) is 12.6. The number of sulfonamides is 1. The van der Waals surface area contributed by atoms with Crippen molar-refractivity contribution in [2.75, 3.05) is 7.11 Å². The van der Waals surface area contributed by atoms with E-state index in [0.29, 0.717) is 17.3 Å². The fraction of sp³-hybridized carbons (Fsp3) is 0.333. The van der Waals surface area contributed by atoms with Crippen LogP contribution in [0.25, 0.3) is 0 Å². The van der Waals surface area contributed by atoms with Crippen LogP contribution in [0.2, 0.25) is 0 Å². The van der Waals surface area contributed by atoms with E-state index < -0.39 is 10.0 Å². The van der Waals surface area contributed by atoms with Crippen LogP contribution in [0.5, 0.6) is 5.88 Å². The summed E-state index contributed by atoms with van der Waals surface area (Å²) in [5.41, 5.74) is 6.99. The van der Waals surface area contributed by atoms with Crippen LogP contribution in [-0.2, 0) is 23.1 Å². The predicted octanol–water partition coefficient (Wildman–Crippen LogP) is 0.0589. The first kappa shape index (κ1) is 15.4. The van der Waals surface area contributed by atoms with Gasteiger partial charge < -0.3 is 10.5 Å². The molecule has 114 valence electrons. The molecule has 2 rings (SSSR count). The molecule has 2 heterocycles. The number of nitrogens with one attached hydrogen (secondary N) is 2. The molecule has 0 aliphatic heterocycles. The maximum atomic E-state index is 12.3. The van der Waals surface area contributed by atoms with E-state index in [1.807, 2.05) is 0 Å². The van der Waals surface area contributed by atoms with E-state index in [0.717, 1.165) is 5.56 Å². The number of aromatic amines is 1. The molecule has 0 bridgehead atoms. The first-order valence-corrected chi connectivity index (χ1v) is 7.68. The van der Waals surface area contributed by atoms with Crippen molar-refractivity contribution in [3.05, 3.63) is 35.3 Å². The third kappa shape index (κ3) is 3.38. The molecule has 0 spiro atoms. The summed E-state index contributed by atoms with van der Waals surface area (Å²) >= 11 is 0. The predicted molar refractivity (Wildman–Crippen MR) is 76.0 cm³/mol. The molecule has 0 fully saturated rings. The van der Waals surface area contributed by atoms with Crippen molar-refractivity contribution < 1.29 is 13.2 Å². The summed E-state index contributed by atoms with van der Waals surface area (Å²) in [6.07, 6.45) is 1.55. The lowest BCUT2D eigenvalue weighted by Gasteiger charge is -2.08. The highest BCUT2D eigenvalue weighted by Crippen LogP contribution is 2.17. The lowest BCUT2D eigenvalue weighted by atomic mass is 10.3. The van der Waals surface area contributed by atoms with Crippen molar-refractivity contribution in [2.24, 2.45) is 5.73 Å². The highest BCUT2D eigenvalue weighted by Gasteiger charge is 2.23. The van der Waals surface area contributed by atoms with E-state index in [2.05, 4.69) is 19.9 Å². The van der Waals surface area contributed by atoms with Gasteiger partial charge in [-0.3, -0.25) is 5.10 Å². The van der Waals surface area contributed by atoms with E-state index in [1.165, 1.54) is 7.11 Å². The topological polar surface area (TPSA) is 123 Å². The third-order valence-corrected chi connectivity index (χ3v) is 4.50. The Morgan fingerprint density at radius 3 is 2.76 bits per heavy atom. The minimum atomic E-state index is -3.69. The average molecular weight is 311 g/mol. The van der Waals surface area contributed by atoms with Crippen LogP contribution >= 0.6 is 0 Å². The summed E-state index contributed by atoms with van der Waals surface area (Å²) in [4.78, 5) is 4.12. The van der Waals surface area contributed by atoms with Crippen LogP contribution in [0.4, 0.5) is 0 Å². The van der Waals surface area contributed by atoms with Crippen LogP contribution in [0, 0.1) is 6.92 Å². The fourth-order valence-electron chi connectivity index (χ4n) is 1.85. The molecular weight excluding hydrogens is 294 g/mol. The molecule has 0 radical (unpaired) electrons. The van der Waals surface area contributed by atoms with E-state index >= 15 is 0 Å². The van der Waals surface area contributed by atoms with E-state index in [4.69, 9.17) is 10.5 Å². The minimum absolute atomic E-state index is 0.0463. The third-order valence-electron chi connectivity index (χ3n) is 2.90. The largest absolute Gasteiger partial charge is 0.481 e. The van der Waals surface area contributed by atoms with Crippen LogP contribution in [0.1, 0.15) is 17.0 Å². The molecule has 0 saturated carbocycles. The smallest absolute Gasteiger partial charge is 0.244 e. The van der Waals surface area contributed by atoms with Gasteiger partial charge in [-0.1, -0.05) is 6.07 Å². The normalized spacial score (nSPS) is 11.6. The average Bonchev–Trinajstić information content (AvgIpc) is 2.87. The fourth-order valence-corrected chi connectivity index (χ4v) is 3.24. The monoisotopic (exact) mass is 311 g/mol. The molecule has 0 unspecified atom stereocenters. The number of rotatable bonds is 6. The van der Waals surface area contributed by atoms with Crippen molar-refractivity contribution in [1.82, 2.24) is 19.9 Å². The van der Waals surface area contributed by atoms with Crippen molar-refractivity contribution in [2.45, 2.75) is 24.9 Å². The maximum Gasteiger partial charge on any atom is 0.244 e. The van der Waals surface area contributed by atoms with Crippen LogP contribution in [0.15, 0.2) is 23.2 Å². The molecule has 21 heavy (non-hydrogen) atoms. The molecule has 4 N–H and O–H groups in total. The number of aromatic nitrogens is 3. The van der Waals surface area contributed by atoms with E-state index in [1.54, 1.807) is 25.3 Å². The van der Waals surface area contributed by atoms with Gasteiger partial charge in [-0.2, -0.15) is 5.10 Å².